The van der Waals surface area contributed by atoms with Crippen LogP contribution in [0.5, 0.6) is 0 Å². The smallest absolute Gasteiger partial charge is 0.339 e. The lowest BCUT2D eigenvalue weighted by molar-refractivity contribution is -0.124. The number of carbonyl (C=O) groups excluding carboxylic acids is 2. The van der Waals surface area contributed by atoms with Crippen molar-refractivity contribution in [3.8, 4) is 0 Å². The molecule has 3 aromatic rings. The first-order valence-corrected chi connectivity index (χ1v) is 10.1. The van der Waals surface area contributed by atoms with E-state index in [0.717, 1.165) is 47.0 Å². The molecular formula is C23H21ClN2O3. The van der Waals surface area contributed by atoms with Gasteiger partial charge in [0.15, 0.2) is 6.61 Å². The van der Waals surface area contributed by atoms with Crippen molar-refractivity contribution in [2.24, 2.45) is 0 Å². The van der Waals surface area contributed by atoms with Gasteiger partial charge in [0.1, 0.15) is 0 Å². The number of nitrogens with zero attached hydrogens (tertiary/aromatic N) is 1. The molecule has 1 aromatic heterocycles. The van der Waals surface area contributed by atoms with Gasteiger partial charge >= 0.3 is 5.97 Å². The third kappa shape index (κ3) is 4.40. The minimum atomic E-state index is -0.466. The number of fused-ring (bicyclic) bond motifs is 2. The maximum absolute atomic E-state index is 12.8. The highest BCUT2D eigenvalue weighted by atomic mass is 35.5. The fourth-order valence-electron chi connectivity index (χ4n) is 3.74. The van der Waals surface area contributed by atoms with Gasteiger partial charge in [-0.3, -0.25) is 9.78 Å². The Labute approximate surface area is 174 Å². The highest BCUT2D eigenvalue weighted by Crippen LogP contribution is 2.30. The number of hydrogen-bond acceptors (Lipinski definition) is 4. The predicted molar refractivity (Wildman–Crippen MR) is 112 cm³/mol. The number of amides is 1. The molecule has 0 spiro atoms. The molecule has 0 bridgehead atoms. The summed E-state index contributed by atoms with van der Waals surface area (Å²) in [5.74, 6) is -0.790. The Hall–Kier alpha value is -2.92. The molecule has 6 heteroatoms. The molecule has 1 heterocycles. The average Bonchev–Trinajstić information content (AvgIpc) is 3.18. The van der Waals surface area contributed by atoms with E-state index in [-0.39, 0.29) is 12.5 Å². The molecule has 0 radical (unpaired) electrons. The lowest BCUT2D eigenvalue weighted by atomic mass is 10.0. The van der Waals surface area contributed by atoms with Crippen molar-refractivity contribution in [3.63, 3.8) is 0 Å². The van der Waals surface area contributed by atoms with E-state index < -0.39 is 5.97 Å². The lowest BCUT2D eigenvalue weighted by Crippen LogP contribution is -2.30. The molecule has 0 fully saturated rings. The maximum Gasteiger partial charge on any atom is 0.339 e. The van der Waals surface area contributed by atoms with Crippen molar-refractivity contribution in [1.82, 2.24) is 10.3 Å². The number of hydrogen-bond donors (Lipinski definition) is 1. The van der Waals surface area contributed by atoms with E-state index in [9.17, 15) is 9.59 Å². The summed E-state index contributed by atoms with van der Waals surface area (Å²) in [7, 11) is 0. The number of rotatable bonds is 6. The molecule has 1 aliphatic rings. The second kappa shape index (κ2) is 8.62. The van der Waals surface area contributed by atoms with Crippen LogP contribution in [0.2, 0.25) is 5.02 Å². The number of benzene rings is 2. The van der Waals surface area contributed by atoms with Gasteiger partial charge in [0.05, 0.1) is 11.1 Å². The highest BCUT2D eigenvalue weighted by Gasteiger charge is 2.25. The van der Waals surface area contributed by atoms with Crippen molar-refractivity contribution < 1.29 is 14.3 Å². The third-order valence-electron chi connectivity index (χ3n) is 5.08. The summed E-state index contributed by atoms with van der Waals surface area (Å²) < 4.78 is 5.35. The molecule has 0 saturated heterocycles. The van der Waals surface area contributed by atoms with Gasteiger partial charge in [0.25, 0.3) is 5.91 Å². The zero-order valence-electron chi connectivity index (χ0n) is 15.9. The first-order valence-electron chi connectivity index (χ1n) is 9.70. The van der Waals surface area contributed by atoms with E-state index in [0.29, 0.717) is 23.6 Å². The molecule has 1 amide bonds. The van der Waals surface area contributed by atoms with Crippen LogP contribution in [-0.4, -0.2) is 30.0 Å². The van der Waals surface area contributed by atoms with Crippen molar-refractivity contribution in [1.29, 1.82) is 0 Å². The second-order valence-electron chi connectivity index (χ2n) is 7.09. The topological polar surface area (TPSA) is 68.3 Å². The summed E-state index contributed by atoms with van der Waals surface area (Å²) in [6.07, 6.45) is 3.31. The van der Waals surface area contributed by atoms with Crippen LogP contribution in [-0.2, 0) is 28.8 Å². The van der Waals surface area contributed by atoms with Crippen molar-refractivity contribution in [2.45, 2.75) is 25.7 Å². The van der Waals surface area contributed by atoms with Gasteiger partial charge in [-0.2, -0.15) is 0 Å². The van der Waals surface area contributed by atoms with E-state index in [2.05, 4.69) is 10.3 Å². The van der Waals surface area contributed by atoms with Crippen molar-refractivity contribution >= 4 is 34.4 Å². The summed E-state index contributed by atoms with van der Waals surface area (Å²) in [4.78, 5) is 29.6. The number of nitrogens with one attached hydrogen (secondary N) is 1. The van der Waals surface area contributed by atoms with Crippen LogP contribution in [0.4, 0.5) is 0 Å². The monoisotopic (exact) mass is 408 g/mol. The van der Waals surface area contributed by atoms with Crippen LogP contribution < -0.4 is 5.32 Å². The molecular weight excluding hydrogens is 388 g/mol. The molecule has 4 rings (SSSR count). The summed E-state index contributed by atoms with van der Waals surface area (Å²) in [6, 6.07) is 15.1. The number of ether oxygens (including phenoxy) is 1. The Kier molecular flexibility index (Phi) is 5.76. The first kappa shape index (κ1) is 19.4. The number of carbonyl (C=O) groups is 2. The van der Waals surface area contributed by atoms with Gasteiger partial charge in [-0.15, -0.1) is 0 Å². The van der Waals surface area contributed by atoms with E-state index in [1.165, 1.54) is 0 Å². The minimum Gasteiger partial charge on any atom is -0.452 e. The molecule has 1 aliphatic carbocycles. The fourth-order valence-corrected chi connectivity index (χ4v) is 3.95. The van der Waals surface area contributed by atoms with Crippen LogP contribution in [0.25, 0.3) is 10.9 Å². The molecule has 0 saturated carbocycles. The van der Waals surface area contributed by atoms with Crippen molar-refractivity contribution in [2.75, 3.05) is 13.2 Å². The van der Waals surface area contributed by atoms with Gasteiger partial charge in [0, 0.05) is 22.6 Å². The Morgan fingerprint density at radius 1 is 1.10 bits per heavy atom. The molecule has 2 aromatic carbocycles. The number of para-hydroxylation sites is 1. The fraction of sp³-hybridized carbons (Fsp3) is 0.261. The summed E-state index contributed by atoms with van der Waals surface area (Å²) in [5.41, 5.74) is 4.28. The normalized spacial score (nSPS) is 12.6. The van der Waals surface area contributed by atoms with Crippen LogP contribution in [0.1, 0.15) is 33.6 Å². The zero-order valence-corrected chi connectivity index (χ0v) is 16.7. The van der Waals surface area contributed by atoms with Gasteiger partial charge in [-0.05, 0) is 55.0 Å². The van der Waals surface area contributed by atoms with Gasteiger partial charge in [0.2, 0.25) is 0 Å². The SMILES string of the molecule is O=C(COC(=O)c1c2c(nc3ccccc13)CCC2)NCCc1cccc(Cl)c1. The lowest BCUT2D eigenvalue weighted by Gasteiger charge is -2.12. The van der Waals surface area contributed by atoms with Crippen LogP contribution in [0.3, 0.4) is 0 Å². The quantitative estimate of drug-likeness (QED) is 0.628. The summed E-state index contributed by atoms with van der Waals surface area (Å²) >= 11 is 5.96. The van der Waals surface area contributed by atoms with Gasteiger partial charge < -0.3 is 10.1 Å². The van der Waals surface area contributed by atoms with Crippen LogP contribution in [0.15, 0.2) is 48.5 Å². The second-order valence-corrected chi connectivity index (χ2v) is 7.53. The maximum atomic E-state index is 12.8. The number of pyridine rings is 1. The Morgan fingerprint density at radius 3 is 2.83 bits per heavy atom. The minimum absolute atomic E-state index is 0.306. The zero-order chi connectivity index (χ0) is 20.2. The summed E-state index contributed by atoms with van der Waals surface area (Å²) in [6.45, 7) is 0.143. The molecule has 0 aliphatic heterocycles. The molecule has 29 heavy (non-hydrogen) atoms. The summed E-state index contributed by atoms with van der Waals surface area (Å²) in [5, 5.41) is 4.22. The Balaban J connectivity index is 1.38. The predicted octanol–water partition coefficient (Wildman–Crippen LogP) is 3.89. The van der Waals surface area contributed by atoms with E-state index in [1.807, 2.05) is 48.5 Å². The van der Waals surface area contributed by atoms with E-state index >= 15 is 0 Å². The first-order chi connectivity index (χ1) is 14.1. The standard InChI is InChI=1S/C23H21ClN2O3/c24-16-6-3-5-15(13-16)11-12-25-21(27)14-29-23(28)22-17-7-1-2-9-19(17)26-20-10-4-8-18(20)22/h1-3,5-7,9,13H,4,8,10-12,14H2,(H,25,27). The average molecular weight is 409 g/mol. The number of esters is 1. The molecule has 5 nitrogen and oxygen atoms in total. The number of aromatic nitrogens is 1. The molecule has 0 atom stereocenters. The highest BCUT2D eigenvalue weighted by molar-refractivity contribution is 6.30. The molecule has 1 N–H and O–H groups in total. The third-order valence-corrected chi connectivity index (χ3v) is 5.32. The van der Waals surface area contributed by atoms with Crippen molar-refractivity contribution in [3.05, 3.63) is 75.9 Å². The number of aryl methyl sites for hydroxylation is 1. The van der Waals surface area contributed by atoms with Gasteiger partial charge in [-0.1, -0.05) is 41.9 Å². The van der Waals surface area contributed by atoms with Gasteiger partial charge in [-0.25, -0.2) is 4.79 Å². The van der Waals surface area contributed by atoms with E-state index in [4.69, 9.17) is 16.3 Å². The molecule has 0 unspecified atom stereocenters. The van der Waals surface area contributed by atoms with Crippen LogP contribution >= 0.6 is 11.6 Å². The Bertz CT molecular complexity index is 1080. The van der Waals surface area contributed by atoms with Crippen LogP contribution in [0, 0.1) is 0 Å². The Morgan fingerprint density at radius 2 is 1.97 bits per heavy atom. The largest absolute Gasteiger partial charge is 0.452 e. The van der Waals surface area contributed by atoms with E-state index in [1.54, 1.807) is 0 Å². The molecule has 148 valence electrons. The number of halogens is 1.